The van der Waals surface area contributed by atoms with Crippen molar-refractivity contribution in [2.75, 3.05) is 13.1 Å². The molecule has 0 spiro atoms. The second kappa shape index (κ2) is 6.20. The van der Waals surface area contributed by atoms with Gasteiger partial charge >= 0.3 is 0 Å². The van der Waals surface area contributed by atoms with E-state index in [1.54, 1.807) is 0 Å². The summed E-state index contributed by atoms with van der Waals surface area (Å²) in [5, 5.41) is 3.16. The molecule has 0 bridgehead atoms. The Bertz CT molecular complexity index is 434. The SMILES string of the molecule is Cc1cccc(C(=O)NC2CCN(C(C)C)CC2)c1. The molecule has 0 aliphatic carbocycles. The summed E-state index contributed by atoms with van der Waals surface area (Å²) in [6, 6.07) is 8.70. The fourth-order valence-electron chi connectivity index (χ4n) is 2.62. The van der Waals surface area contributed by atoms with Crippen LogP contribution in [0.15, 0.2) is 24.3 Å². The Morgan fingerprint density at radius 2 is 2.00 bits per heavy atom. The normalized spacial score (nSPS) is 17.7. The van der Waals surface area contributed by atoms with Gasteiger partial charge in [-0.25, -0.2) is 0 Å². The van der Waals surface area contributed by atoms with Crippen LogP contribution in [0.2, 0.25) is 0 Å². The van der Waals surface area contributed by atoms with Crippen molar-refractivity contribution in [3.63, 3.8) is 0 Å². The van der Waals surface area contributed by atoms with Gasteiger partial charge < -0.3 is 10.2 Å². The smallest absolute Gasteiger partial charge is 0.251 e. The molecule has 19 heavy (non-hydrogen) atoms. The van der Waals surface area contributed by atoms with Crippen molar-refractivity contribution >= 4 is 5.91 Å². The second-order valence-electron chi connectivity index (χ2n) is 5.75. The third-order valence-corrected chi connectivity index (χ3v) is 3.88. The Labute approximate surface area is 116 Å². The lowest BCUT2D eigenvalue weighted by molar-refractivity contribution is 0.0900. The van der Waals surface area contributed by atoms with E-state index in [1.165, 1.54) is 0 Å². The Morgan fingerprint density at radius 3 is 2.58 bits per heavy atom. The van der Waals surface area contributed by atoms with Crippen LogP contribution in [0.5, 0.6) is 0 Å². The van der Waals surface area contributed by atoms with Crippen LogP contribution in [0.25, 0.3) is 0 Å². The zero-order valence-corrected chi connectivity index (χ0v) is 12.1. The minimum atomic E-state index is 0.0618. The first-order valence-electron chi connectivity index (χ1n) is 7.18. The quantitative estimate of drug-likeness (QED) is 0.906. The molecule has 1 amide bonds. The van der Waals surface area contributed by atoms with E-state index in [0.717, 1.165) is 37.1 Å². The highest BCUT2D eigenvalue weighted by atomic mass is 16.1. The van der Waals surface area contributed by atoms with Gasteiger partial charge in [-0.1, -0.05) is 17.7 Å². The molecule has 2 rings (SSSR count). The van der Waals surface area contributed by atoms with Crippen molar-refractivity contribution in [1.29, 1.82) is 0 Å². The van der Waals surface area contributed by atoms with Gasteiger partial charge in [-0.05, 0) is 45.7 Å². The van der Waals surface area contributed by atoms with Gasteiger partial charge in [-0.3, -0.25) is 4.79 Å². The average Bonchev–Trinajstić information content (AvgIpc) is 2.39. The molecular formula is C16H24N2O. The molecule has 0 unspecified atom stereocenters. The molecule has 1 N–H and O–H groups in total. The monoisotopic (exact) mass is 260 g/mol. The number of hydrogen-bond donors (Lipinski definition) is 1. The molecule has 1 aliphatic heterocycles. The van der Waals surface area contributed by atoms with Gasteiger partial charge in [0.15, 0.2) is 0 Å². The highest BCUT2D eigenvalue weighted by Gasteiger charge is 2.22. The van der Waals surface area contributed by atoms with Crippen LogP contribution in [-0.2, 0) is 0 Å². The lowest BCUT2D eigenvalue weighted by Gasteiger charge is -2.34. The number of nitrogens with zero attached hydrogens (tertiary/aromatic N) is 1. The van der Waals surface area contributed by atoms with Gasteiger partial charge in [-0.15, -0.1) is 0 Å². The number of aryl methyl sites for hydroxylation is 1. The largest absolute Gasteiger partial charge is 0.349 e. The molecule has 0 aromatic heterocycles. The van der Waals surface area contributed by atoms with Crippen molar-refractivity contribution in [3.8, 4) is 0 Å². The van der Waals surface area contributed by atoms with Gasteiger partial charge in [0.1, 0.15) is 0 Å². The number of piperidine rings is 1. The summed E-state index contributed by atoms with van der Waals surface area (Å²) in [4.78, 5) is 14.6. The second-order valence-corrected chi connectivity index (χ2v) is 5.75. The lowest BCUT2D eigenvalue weighted by Crippen LogP contribution is -2.46. The summed E-state index contributed by atoms with van der Waals surface area (Å²) in [5.74, 6) is 0.0618. The maximum atomic E-state index is 12.2. The number of rotatable bonds is 3. The first kappa shape index (κ1) is 14.1. The highest BCUT2D eigenvalue weighted by molar-refractivity contribution is 5.94. The molecular weight excluding hydrogens is 236 g/mol. The molecule has 1 aromatic carbocycles. The van der Waals surface area contributed by atoms with Crippen molar-refractivity contribution in [2.45, 2.75) is 45.7 Å². The Hall–Kier alpha value is -1.35. The Morgan fingerprint density at radius 1 is 1.32 bits per heavy atom. The minimum absolute atomic E-state index is 0.0618. The minimum Gasteiger partial charge on any atom is -0.349 e. The van der Waals surface area contributed by atoms with Crippen LogP contribution in [0, 0.1) is 6.92 Å². The Kier molecular flexibility index (Phi) is 4.59. The number of nitrogens with one attached hydrogen (secondary N) is 1. The maximum Gasteiger partial charge on any atom is 0.251 e. The molecule has 0 atom stereocenters. The van der Waals surface area contributed by atoms with Crippen molar-refractivity contribution in [2.24, 2.45) is 0 Å². The summed E-state index contributed by atoms with van der Waals surface area (Å²) < 4.78 is 0. The van der Waals surface area contributed by atoms with Crippen LogP contribution >= 0.6 is 0 Å². The van der Waals surface area contributed by atoms with Crippen LogP contribution < -0.4 is 5.32 Å². The van der Waals surface area contributed by atoms with Crippen molar-refractivity contribution in [1.82, 2.24) is 10.2 Å². The molecule has 1 heterocycles. The highest BCUT2D eigenvalue weighted by Crippen LogP contribution is 2.14. The first-order valence-corrected chi connectivity index (χ1v) is 7.18. The molecule has 1 aliphatic rings. The van der Waals surface area contributed by atoms with Crippen LogP contribution in [-0.4, -0.2) is 36.0 Å². The predicted molar refractivity (Wildman–Crippen MR) is 78.4 cm³/mol. The van der Waals surface area contributed by atoms with Crippen molar-refractivity contribution < 1.29 is 4.79 Å². The van der Waals surface area contributed by atoms with Crippen LogP contribution in [0.3, 0.4) is 0 Å². The zero-order valence-electron chi connectivity index (χ0n) is 12.1. The third kappa shape index (κ3) is 3.80. The fraction of sp³-hybridized carbons (Fsp3) is 0.562. The molecule has 1 fully saturated rings. The number of benzene rings is 1. The predicted octanol–water partition coefficient (Wildman–Crippen LogP) is 2.60. The van der Waals surface area contributed by atoms with Crippen LogP contribution in [0.4, 0.5) is 0 Å². The molecule has 0 saturated carbocycles. The third-order valence-electron chi connectivity index (χ3n) is 3.88. The number of carbonyl (C=O) groups is 1. The van der Waals surface area contributed by atoms with E-state index in [1.807, 2.05) is 31.2 Å². The fourth-order valence-corrected chi connectivity index (χ4v) is 2.62. The van der Waals surface area contributed by atoms with Gasteiger partial charge in [-0.2, -0.15) is 0 Å². The van der Waals surface area contributed by atoms with Gasteiger partial charge in [0.25, 0.3) is 5.91 Å². The number of amides is 1. The molecule has 3 nitrogen and oxygen atoms in total. The molecule has 104 valence electrons. The van der Waals surface area contributed by atoms with Gasteiger partial charge in [0.2, 0.25) is 0 Å². The van der Waals surface area contributed by atoms with Gasteiger partial charge in [0, 0.05) is 30.7 Å². The summed E-state index contributed by atoms with van der Waals surface area (Å²) in [7, 11) is 0. The molecule has 1 aromatic rings. The number of hydrogen-bond acceptors (Lipinski definition) is 2. The first-order chi connectivity index (χ1) is 9.06. The van der Waals surface area contributed by atoms with E-state index < -0.39 is 0 Å². The summed E-state index contributed by atoms with van der Waals surface area (Å²) in [5.41, 5.74) is 1.90. The molecule has 0 radical (unpaired) electrons. The van der Waals surface area contributed by atoms with E-state index in [2.05, 4.69) is 24.1 Å². The lowest BCUT2D eigenvalue weighted by atomic mass is 10.0. The summed E-state index contributed by atoms with van der Waals surface area (Å²) in [6.45, 7) is 8.63. The molecule has 1 saturated heterocycles. The summed E-state index contributed by atoms with van der Waals surface area (Å²) >= 11 is 0. The topological polar surface area (TPSA) is 32.3 Å². The van der Waals surface area contributed by atoms with E-state index in [9.17, 15) is 4.79 Å². The van der Waals surface area contributed by atoms with Gasteiger partial charge in [0.05, 0.1) is 0 Å². The van der Waals surface area contributed by atoms with E-state index >= 15 is 0 Å². The van der Waals surface area contributed by atoms with E-state index in [-0.39, 0.29) is 5.91 Å². The maximum absolute atomic E-state index is 12.2. The van der Waals surface area contributed by atoms with E-state index in [0.29, 0.717) is 12.1 Å². The van der Waals surface area contributed by atoms with E-state index in [4.69, 9.17) is 0 Å². The molecule has 3 heteroatoms. The standard InChI is InChI=1S/C16H24N2O/c1-12(2)18-9-7-15(8-10-18)17-16(19)14-6-4-5-13(3)11-14/h4-6,11-12,15H,7-10H2,1-3H3,(H,17,19). The zero-order chi connectivity index (χ0) is 13.8. The van der Waals surface area contributed by atoms with Crippen molar-refractivity contribution in [3.05, 3.63) is 35.4 Å². The Balaban J connectivity index is 1.87. The average molecular weight is 260 g/mol. The van der Waals surface area contributed by atoms with Crippen LogP contribution in [0.1, 0.15) is 42.6 Å². The number of likely N-dealkylation sites (tertiary alicyclic amines) is 1. The number of carbonyl (C=O) groups excluding carboxylic acids is 1. The summed E-state index contributed by atoms with van der Waals surface area (Å²) in [6.07, 6.45) is 2.10.